The minimum Gasteiger partial charge on any atom is -0.549 e. The summed E-state index contributed by atoms with van der Waals surface area (Å²) in [4.78, 5) is 150. The molecule has 502 valence electrons. The van der Waals surface area contributed by atoms with Gasteiger partial charge >= 0.3 is 198 Å². The molecule has 3 unspecified atom stereocenters. The van der Waals surface area contributed by atoms with Crippen molar-refractivity contribution in [1.82, 2.24) is 29.4 Å². The fraction of sp³-hybridized carbons (Fsp3) is 0.389. The van der Waals surface area contributed by atoms with Gasteiger partial charge in [-0.3, -0.25) is 29.4 Å². The maximum Gasteiger partial charge on any atom is 3.00 e. The summed E-state index contributed by atoms with van der Waals surface area (Å²) in [6, 6.07) is 14.5. The van der Waals surface area contributed by atoms with Crippen molar-refractivity contribution in [1.29, 1.82) is 0 Å². The summed E-state index contributed by atoms with van der Waals surface area (Å²) < 4.78 is 0. The molecule has 33 nitrogen and oxygen atoms in total. The van der Waals surface area contributed by atoms with Crippen LogP contribution in [0.3, 0.4) is 0 Å². The molecule has 0 aliphatic heterocycles. The number of benzene rings is 3. The van der Waals surface area contributed by atoms with Crippen LogP contribution < -0.4 is 61.3 Å². The van der Waals surface area contributed by atoms with Crippen LogP contribution in [0.2, 0.25) is 0 Å². The molecule has 0 N–H and O–H groups in total. The Kier molecular flexibility index (Phi) is 56.5. The van der Waals surface area contributed by atoms with Gasteiger partial charge in [0.25, 0.3) is 0 Å². The number of carboxylic acid groups (broad SMARTS) is 12. The van der Waals surface area contributed by atoms with Crippen molar-refractivity contribution in [2.75, 3.05) is 98.2 Å². The first-order valence-electron chi connectivity index (χ1n) is 25.7. The Balaban J connectivity index is -0.000000633. The van der Waals surface area contributed by atoms with Crippen LogP contribution in [0.5, 0.6) is 0 Å². The monoisotopic (exact) mass is 1920 g/mol. The molecule has 3 aromatic carbocycles. The van der Waals surface area contributed by atoms with E-state index in [0.29, 0.717) is 33.8 Å². The van der Waals surface area contributed by atoms with Crippen LogP contribution in [0, 0.1) is 198 Å². The van der Waals surface area contributed by atoms with Gasteiger partial charge in [-0.15, -0.1) is 0 Å². The van der Waals surface area contributed by atoms with Crippen molar-refractivity contribution in [2.24, 2.45) is 15.0 Å². The first-order chi connectivity index (χ1) is 42.3. The maximum atomic E-state index is 11.7. The van der Waals surface area contributed by atoms with Gasteiger partial charge in [-0.05, 0) is 109 Å². The Morgan fingerprint density at radius 3 is 0.606 bits per heavy atom. The third-order valence-electron chi connectivity index (χ3n) is 12.0. The van der Waals surface area contributed by atoms with Gasteiger partial charge in [0.15, 0.2) is 0 Å². The third-order valence-corrected chi connectivity index (χ3v) is 12.3. The Labute approximate surface area is 715 Å². The van der Waals surface area contributed by atoms with E-state index in [9.17, 15) is 119 Å². The van der Waals surface area contributed by atoms with E-state index in [4.69, 9.17) is 0 Å². The molecule has 0 radical (unpaired) electrons. The summed E-state index contributed by atoms with van der Waals surface area (Å²) in [5, 5.41) is 139. The fourth-order valence-corrected chi connectivity index (χ4v) is 8.43. The molecule has 0 amide bonds. The topological polar surface area (TPSA) is 538 Å². The van der Waals surface area contributed by atoms with Crippen LogP contribution in [-0.2, 0) is 76.8 Å². The SMILES string of the molecule is O=C([O-])CN(CCN(CC(=O)[O-])C(Cc1ccc(N=C=S)cc1)C(=O)[O-])CC(=O)[O-].O=C([O-])CN(CCN(CC(=O)[O-])C(Cc1ccc(N=C=S)cc1)C(=O)[O-])CC(=O)[O-].O=C([O-])CN(CCN(CC(=O)[O-])C(Cc1ccc(N=C=S)cc1)C(=O)[O-])CC(=O)[O-].[Eu+3].[Eu+3].[Eu+3].[Eu+3]. The molecule has 0 bridgehead atoms. The zero-order valence-corrected chi connectivity index (χ0v) is 60.6. The molecule has 0 aliphatic rings. The van der Waals surface area contributed by atoms with Crippen molar-refractivity contribution in [3.05, 3.63) is 89.5 Å². The van der Waals surface area contributed by atoms with Crippen LogP contribution in [-0.4, -0.2) is 233 Å². The molecule has 3 atom stereocenters. The number of hydrogen-bond acceptors (Lipinski definition) is 36. The van der Waals surface area contributed by atoms with E-state index in [1.54, 1.807) is 72.8 Å². The minimum atomic E-state index is -1.57. The van der Waals surface area contributed by atoms with E-state index in [2.05, 4.69) is 67.1 Å². The molecule has 0 aliphatic carbocycles. The van der Waals surface area contributed by atoms with Gasteiger partial charge in [0.05, 0.1) is 122 Å². The molecule has 3 aromatic rings. The quantitative estimate of drug-likeness (QED) is 0.0375. The number of carbonyl (C=O) groups is 12. The smallest absolute Gasteiger partial charge is 0.549 e. The van der Waals surface area contributed by atoms with Crippen molar-refractivity contribution < 1.29 is 316 Å². The number of thiocarbonyl (C=S) groups is 3. The second-order valence-corrected chi connectivity index (χ2v) is 19.2. The van der Waals surface area contributed by atoms with Crippen molar-refractivity contribution in [3.8, 4) is 0 Å². The first-order valence-corrected chi connectivity index (χ1v) is 26.9. The number of hydrogen-bond donors (Lipinski definition) is 0. The first kappa shape index (κ1) is 97.2. The predicted molar refractivity (Wildman–Crippen MR) is 290 cm³/mol. The molecule has 40 heteroatoms. The van der Waals surface area contributed by atoms with E-state index >= 15 is 0 Å². The third kappa shape index (κ3) is 45.4. The summed E-state index contributed by atoms with van der Waals surface area (Å²) >= 11 is 13.5. The molecular weight excluding hydrogens is 1860 g/mol. The summed E-state index contributed by atoms with van der Waals surface area (Å²) in [7, 11) is 0. The molecule has 0 fully saturated rings. The van der Waals surface area contributed by atoms with Gasteiger partial charge in [0.2, 0.25) is 0 Å². The number of isothiocyanates is 3. The van der Waals surface area contributed by atoms with Gasteiger partial charge in [0, 0.05) is 98.2 Å². The molecular formula is C54H51Eu4N9O24S3. The fourth-order valence-electron chi connectivity index (χ4n) is 8.11. The van der Waals surface area contributed by atoms with Gasteiger partial charge in [-0.2, -0.15) is 15.0 Å². The van der Waals surface area contributed by atoms with Crippen LogP contribution in [0.4, 0.5) is 17.1 Å². The number of nitrogens with zero attached hydrogens (tertiary/aromatic N) is 9. The predicted octanol–water partition coefficient (Wildman–Crippen LogP) is -15.2. The van der Waals surface area contributed by atoms with Crippen molar-refractivity contribution in [2.45, 2.75) is 37.4 Å². The van der Waals surface area contributed by atoms with Gasteiger partial charge < -0.3 is 119 Å². The molecule has 0 saturated carbocycles. The summed E-state index contributed by atoms with van der Waals surface area (Å²) in [5.41, 5.74) is 3.05. The molecule has 3 rings (SSSR count). The average Bonchev–Trinajstić information content (AvgIpc) is 1.03. The van der Waals surface area contributed by atoms with Crippen LogP contribution in [0.1, 0.15) is 16.7 Å². The van der Waals surface area contributed by atoms with Crippen LogP contribution >= 0.6 is 36.7 Å². The van der Waals surface area contributed by atoms with E-state index in [0.717, 1.165) is 29.4 Å². The maximum absolute atomic E-state index is 11.7. The Bertz CT molecular complexity index is 2770. The zero-order chi connectivity index (χ0) is 68.0. The van der Waals surface area contributed by atoms with Crippen molar-refractivity contribution in [3.63, 3.8) is 0 Å². The molecule has 94 heavy (non-hydrogen) atoms. The van der Waals surface area contributed by atoms with E-state index in [1.165, 1.54) is 0 Å². The zero-order valence-electron chi connectivity index (χ0n) is 48.4. The summed E-state index contributed by atoms with van der Waals surface area (Å²) in [6.45, 7) is -8.64. The average molecular weight is 1910 g/mol. The molecule has 0 heterocycles. The van der Waals surface area contributed by atoms with E-state index < -0.39 is 149 Å². The Morgan fingerprint density at radius 2 is 0.468 bits per heavy atom. The standard InChI is InChI=1S/3C18H21N3O8S.4Eu/c3*22-15(23)8-20(9-16(24)25)5-6-21(10-17(26)27)14(18(28)29)7-12-1-3-13(4-2-12)19-11-30;;;;/h3*1-4,14H,5-10H2,(H,22,23)(H,24,25)(H,26,27)(H,28,29);;;;/q;;;4*+3/p-12. The number of carbonyl (C=O) groups excluding carboxylic acids is 12. The van der Waals surface area contributed by atoms with E-state index in [-0.39, 0.29) is 256 Å². The van der Waals surface area contributed by atoms with Crippen LogP contribution in [0.15, 0.2) is 87.8 Å². The number of rotatable bonds is 42. The van der Waals surface area contributed by atoms with Gasteiger partial charge in [-0.25, -0.2) is 0 Å². The van der Waals surface area contributed by atoms with Gasteiger partial charge in [-0.1, -0.05) is 36.4 Å². The molecule has 0 saturated heterocycles. The summed E-state index contributed by atoms with van der Waals surface area (Å²) in [5.74, 6) is -18.8. The Hall–Kier alpha value is -3.20. The largest absolute Gasteiger partial charge is 3.00 e. The number of carboxylic acids is 12. The number of aliphatic carboxylic acids is 12. The second kappa shape index (κ2) is 54.7. The number of aliphatic imine (C=N–C) groups is 3. The normalized spacial score (nSPS) is 11.2. The molecule has 0 aromatic heterocycles. The summed E-state index contributed by atoms with van der Waals surface area (Å²) in [6.07, 6.45) is -0.422. The van der Waals surface area contributed by atoms with Crippen LogP contribution in [0.25, 0.3) is 0 Å². The Morgan fingerprint density at radius 1 is 0.298 bits per heavy atom. The minimum absolute atomic E-state index is 0. The van der Waals surface area contributed by atoms with Crippen molar-refractivity contribution >= 4 is 141 Å². The second-order valence-electron chi connectivity index (χ2n) is 18.6. The van der Waals surface area contributed by atoms with Gasteiger partial charge in [0.1, 0.15) is 0 Å². The van der Waals surface area contributed by atoms with E-state index in [1.807, 2.05) is 0 Å². The molecule has 0 spiro atoms.